The summed E-state index contributed by atoms with van der Waals surface area (Å²) in [6.45, 7) is 3.93. The van der Waals surface area contributed by atoms with Crippen LogP contribution in [0.15, 0.2) is 40.7 Å². The smallest absolute Gasteiger partial charge is 0.303 e. The van der Waals surface area contributed by atoms with Gasteiger partial charge in [-0.15, -0.1) is 0 Å². The van der Waals surface area contributed by atoms with Crippen molar-refractivity contribution in [3.63, 3.8) is 0 Å². The molecule has 8 heteroatoms. The molecule has 0 bridgehead atoms. The lowest BCUT2D eigenvalue weighted by molar-refractivity contribution is -0.126. The number of hydrogen-bond acceptors (Lipinski definition) is 5. The number of guanidine groups is 1. The van der Waals surface area contributed by atoms with Crippen molar-refractivity contribution >= 4 is 35.2 Å². The van der Waals surface area contributed by atoms with E-state index in [-0.39, 0.29) is 5.91 Å². The summed E-state index contributed by atoms with van der Waals surface area (Å²) in [5.74, 6) is 0.325. The van der Waals surface area contributed by atoms with E-state index in [4.69, 9.17) is 11.6 Å². The fraction of sp³-hybridized carbons (Fsp3) is 0.312. The molecule has 1 saturated heterocycles. The predicted molar refractivity (Wildman–Crippen MR) is 90.5 cm³/mol. The van der Waals surface area contributed by atoms with Crippen molar-refractivity contribution in [2.75, 3.05) is 11.9 Å². The third-order valence-corrected chi connectivity index (χ3v) is 5.00. The summed E-state index contributed by atoms with van der Waals surface area (Å²) in [7, 11) is 1.64. The van der Waals surface area contributed by atoms with Crippen LogP contribution >= 0.6 is 11.6 Å². The van der Waals surface area contributed by atoms with Crippen LogP contribution in [0.3, 0.4) is 0 Å². The lowest BCUT2D eigenvalue weighted by Crippen LogP contribution is -2.63. The Morgan fingerprint density at radius 2 is 1.79 bits per heavy atom. The molecule has 0 saturated carbocycles. The standard InChI is InChI=1S/C16H16ClN5O2/c1-8-9(2)22-12-13(20(3)16(24)19-14(12)23)18-15(22)21(8)11-6-4-10(17)5-7-11/h4-7,12-13H,1-3H3,(H,19,23,24). The maximum atomic E-state index is 12.4. The minimum Gasteiger partial charge on any atom is -0.303 e. The molecule has 0 radical (unpaired) electrons. The quantitative estimate of drug-likeness (QED) is 0.844. The molecular weight excluding hydrogens is 330 g/mol. The van der Waals surface area contributed by atoms with E-state index in [9.17, 15) is 9.59 Å². The van der Waals surface area contributed by atoms with Crippen molar-refractivity contribution in [3.8, 4) is 0 Å². The number of amides is 3. The van der Waals surface area contributed by atoms with Crippen molar-refractivity contribution in [2.24, 2.45) is 4.99 Å². The zero-order valence-electron chi connectivity index (χ0n) is 13.4. The van der Waals surface area contributed by atoms with Crippen LogP contribution in [0.5, 0.6) is 0 Å². The summed E-state index contributed by atoms with van der Waals surface area (Å²) in [5.41, 5.74) is 2.83. The molecule has 0 aliphatic carbocycles. The van der Waals surface area contributed by atoms with Crippen LogP contribution in [0.4, 0.5) is 10.5 Å². The molecule has 2 unspecified atom stereocenters. The van der Waals surface area contributed by atoms with E-state index in [1.54, 1.807) is 7.05 Å². The number of allylic oxidation sites excluding steroid dienone is 2. The van der Waals surface area contributed by atoms with Crippen LogP contribution in [0.2, 0.25) is 5.02 Å². The first-order chi connectivity index (χ1) is 11.4. The van der Waals surface area contributed by atoms with E-state index >= 15 is 0 Å². The van der Waals surface area contributed by atoms with E-state index in [0.29, 0.717) is 11.0 Å². The fourth-order valence-corrected chi connectivity index (χ4v) is 3.48. The summed E-state index contributed by atoms with van der Waals surface area (Å²) < 4.78 is 0. The SMILES string of the molecule is CC1=C(C)N2C(=NC3C2C(=O)NC(=O)N3C)N1c1ccc(Cl)cc1. The van der Waals surface area contributed by atoms with Gasteiger partial charge in [0.05, 0.1) is 0 Å². The van der Waals surface area contributed by atoms with Crippen LogP contribution in [0, 0.1) is 0 Å². The molecule has 7 nitrogen and oxygen atoms in total. The Bertz CT molecular complexity index is 816. The largest absolute Gasteiger partial charge is 0.325 e. The Balaban J connectivity index is 1.81. The maximum absolute atomic E-state index is 12.4. The van der Waals surface area contributed by atoms with Gasteiger partial charge in [0.15, 0.2) is 12.2 Å². The molecule has 24 heavy (non-hydrogen) atoms. The maximum Gasteiger partial charge on any atom is 0.325 e. The number of carbonyl (C=O) groups excluding carboxylic acids is 2. The first-order valence-electron chi connectivity index (χ1n) is 7.58. The number of nitrogens with zero attached hydrogens (tertiary/aromatic N) is 4. The number of halogens is 1. The zero-order valence-corrected chi connectivity index (χ0v) is 14.2. The van der Waals surface area contributed by atoms with Gasteiger partial charge in [0.1, 0.15) is 0 Å². The summed E-state index contributed by atoms with van der Waals surface area (Å²) in [4.78, 5) is 34.3. The molecule has 0 spiro atoms. The van der Waals surface area contributed by atoms with Crippen molar-refractivity contribution in [3.05, 3.63) is 40.7 Å². The fourth-order valence-electron chi connectivity index (χ4n) is 3.36. The van der Waals surface area contributed by atoms with Gasteiger partial charge in [0.25, 0.3) is 5.91 Å². The van der Waals surface area contributed by atoms with Crippen molar-refractivity contribution in [2.45, 2.75) is 26.1 Å². The average molecular weight is 346 g/mol. The molecule has 3 heterocycles. The highest BCUT2D eigenvalue weighted by Crippen LogP contribution is 2.38. The lowest BCUT2D eigenvalue weighted by Gasteiger charge is -2.35. The Morgan fingerprint density at radius 1 is 1.12 bits per heavy atom. The van der Waals surface area contributed by atoms with Gasteiger partial charge in [-0.25, -0.2) is 9.79 Å². The van der Waals surface area contributed by atoms with Gasteiger partial charge in [-0.1, -0.05) is 11.6 Å². The number of imide groups is 1. The zero-order chi connectivity index (χ0) is 17.2. The topological polar surface area (TPSA) is 68.2 Å². The number of benzene rings is 1. The first-order valence-corrected chi connectivity index (χ1v) is 7.96. The van der Waals surface area contributed by atoms with Gasteiger partial charge in [0, 0.05) is 29.2 Å². The number of aliphatic imine (C=N–C) groups is 1. The number of fused-ring (bicyclic) bond motifs is 3. The van der Waals surface area contributed by atoms with E-state index in [1.807, 2.05) is 47.9 Å². The second-order valence-electron chi connectivity index (χ2n) is 6.05. The van der Waals surface area contributed by atoms with Crippen molar-refractivity contribution < 1.29 is 9.59 Å². The lowest BCUT2D eigenvalue weighted by atomic mass is 10.1. The van der Waals surface area contributed by atoms with Gasteiger partial charge in [0.2, 0.25) is 5.96 Å². The highest BCUT2D eigenvalue weighted by molar-refractivity contribution is 6.30. The number of carbonyl (C=O) groups is 2. The van der Waals surface area contributed by atoms with Crippen molar-refractivity contribution in [1.82, 2.24) is 15.1 Å². The first kappa shape index (κ1) is 15.0. The molecule has 3 aliphatic rings. The van der Waals surface area contributed by atoms with Crippen LogP contribution in [0.1, 0.15) is 13.8 Å². The van der Waals surface area contributed by atoms with Gasteiger partial charge >= 0.3 is 6.03 Å². The summed E-state index contributed by atoms with van der Waals surface area (Å²) in [6.07, 6.45) is -0.529. The second-order valence-corrected chi connectivity index (χ2v) is 6.48. The molecule has 1 fully saturated rings. The number of rotatable bonds is 1. The molecule has 1 aromatic carbocycles. The highest BCUT2D eigenvalue weighted by Gasteiger charge is 2.53. The Hall–Kier alpha value is -2.54. The molecule has 3 aliphatic heterocycles. The molecule has 124 valence electrons. The summed E-state index contributed by atoms with van der Waals surface area (Å²) in [6, 6.07) is 6.46. The van der Waals surface area contributed by atoms with Gasteiger partial charge in [-0.3, -0.25) is 19.9 Å². The number of anilines is 1. The van der Waals surface area contributed by atoms with E-state index in [1.165, 1.54) is 4.90 Å². The summed E-state index contributed by atoms with van der Waals surface area (Å²) >= 11 is 5.98. The number of hydrogen-bond donors (Lipinski definition) is 1. The van der Waals surface area contributed by atoms with E-state index < -0.39 is 18.2 Å². The van der Waals surface area contributed by atoms with Crippen LogP contribution in [0.25, 0.3) is 0 Å². The van der Waals surface area contributed by atoms with Crippen LogP contribution < -0.4 is 10.2 Å². The molecule has 2 atom stereocenters. The molecular formula is C16H16ClN5O2. The highest BCUT2D eigenvalue weighted by atomic mass is 35.5. The molecule has 1 aromatic rings. The normalized spacial score (nSPS) is 25.8. The van der Waals surface area contributed by atoms with Gasteiger partial charge in [-0.2, -0.15) is 0 Å². The van der Waals surface area contributed by atoms with Crippen LogP contribution in [-0.4, -0.2) is 47.0 Å². The third-order valence-electron chi connectivity index (χ3n) is 4.74. The number of urea groups is 1. The summed E-state index contributed by atoms with van der Waals surface area (Å²) in [5, 5.41) is 3.04. The average Bonchev–Trinajstić information content (AvgIpc) is 3.04. The van der Waals surface area contributed by atoms with Gasteiger partial charge in [-0.05, 0) is 38.1 Å². The van der Waals surface area contributed by atoms with E-state index in [0.717, 1.165) is 17.1 Å². The Kier molecular flexibility index (Phi) is 3.11. The molecule has 4 rings (SSSR count). The minimum absolute atomic E-state index is 0.327. The number of nitrogens with one attached hydrogen (secondary N) is 1. The number of likely N-dealkylation sites (N-methyl/N-ethyl adjacent to an activating group) is 1. The molecule has 3 amide bonds. The second kappa shape index (κ2) is 4.98. The minimum atomic E-state index is -0.546. The Morgan fingerprint density at radius 3 is 2.46 bits per heavy atom. The third kappa shape index (κ3) is 1.88. The van der Waals surface area contributed by atoms with Gasteiger partial charge < -0.3 is 4.90 Å². The molecule has 1 N–H and O–H groups in total. The molecule has 0 aromatic heterocycles. The van der Waals surface area contributed by atoms with Crippen LogP contribution in [-0.2, 0) is 4.79 Å². The van der Waals surface area contributed by atoms with Crippen molar-refractivity contribution in [1.29, 1.82) is 0 Å². The predicted octanol–water partition coefficient (Wildman–Crippen LogP) is 1.96. The monoisotopic (exact) mass is 345 g/mol. The van der Waals surface area contributed by atoms with E-state index in [2.05, 4.69) is 10.3 Å². The Labute approximate surface area is 144 Å².